The molecule has 1 saturated carbocycles. The highest BCUT2D eigenvalue weighted by Gasteiger charge is 2.23. The lowest BCUT2D eigenvalue weighted by Gasteiger charge is -2.30. The van der Waals surface area contributed by atoms with E-state index >= 15 is 0 Å². The summed E-state index contributed by atoms with van der Waals surface area (Å²) in [5.74, 6) is 1.49. The molecular weight excluding hydrogens is 226 g/mol. The lowest BCUT2D eigenvalue weighted by atomic mass is 9.86. The van der Waals surface area contributed by atoms with E-state index in [1.54, 1.807) is 11.3 Å². The van der Waals surface area contributed by atoms with Gasteiger partial charge in [-0.05, 0) is 41.1 Å². The minimum atomic E-state index is 0.635. The van der Waals surface area contributed by atoms with Crippen molar-refractivity contribution in [2.24, 2.45) is 5.92 Å². The van der Waals surface area contributed by atoms with Gasteiger partial charge in [0.05, 0.1) is 0 Å². The maximum atomic E-state index is 6.00. The second-order valence-corrected chi connectivity index (χ2v) is 5.41. The number of rotatable bonds is 4. The third kappa shape index (κ3) is 3.20. The topological polar surface area (TPSA) is 12.0 Å². The van der Waals surface area contributed by atoms with Crippen LogP contribution >= 0.6 is 22.9 Å². The van der Waals surface area contributed by atoms with Crippen LogP contribution in [0.25, 0.3) is 0 Å². The number of alkyl halides is 1. The van der Waals surface area contributed by atoms with E-state index in [9.17, 15) is 0 Å². The Morgan fingerprint density at radius 3 is 3.00 bits per heavy atom. The average molecular weight is 244 g/mol. The van der Waals surface area contributed by atoms with E-state index in [0.717, 1.165) is 12.4 Å². The van der Waals surface area contributed by atoms with Crippen LogP contribution in [0.2, 0.25) is 0 Å². The average Bonchev–Trinajstić information content (AvgIpc) is 2.79. The van der Waals surface area contributed by atoms with Crippen molar-refractivity contribution >= 4 is 22.9 Å². The van der Waals surface area contributed by atoms with Crippen molar-refractivity contribution in [1.82, 2.24) is 5.32 Å². The molecular formula is C12H18ClNS. The third-order valence-corrected chi connectivity index (χ3v) is 4.38. The molecule has 2 rings (SSSR count). The molecule has 1 N–H and O–H groups in total. The monoisotopic (exact) mass is 243 g/mol. The summed E-state index contributed by atoms with van der Waals surface area (Å²) in [4.78, 5) is 0. The molecule has 84 valence electrons. The Kier molecular flexibility index (Phi) is 4.48. The van der Waals surface area contributed by atoms with Crippen LogP contribution in [0.15, 0.2) is 16.8 Å². The van der Waals surface area contributed by atoms with Gasteiger partial charge in [-0.2, -0.15) is 11.3 Å². The van der Waals surface area contributed by atoms with Crippen LogP contribution in [0.3, 0.4) is 0 Å². The molecule has 0 bridgehead atoms. The van der Waals surface area contributed by atoms with Crippen molar-refractivity contribution in [3.63, 3.8) is 0 Å². The molecule has 2 unspecified atom stereocenters. The quantitative estimate of drug-likeness (QED) is 0.797. The van der Waals surface area contributed by atoms with Crippen molar-refractivity contribution in [2.45, 2.75) is 38.3 Å². The lowest BCUT2D eigenvalue weighted by molar-refractivity contribution is 0.282. The van der Waals surface area contributed by atoms with Gasteiger partial charge >= 0.3 is 0 Å². The van der Waals surface area contributed by atoms with E-state index in [4.69, 9.17) is 11.6 Å². The molecule has 3 heteroatoms. The van der Waals surface area contributed by atoms with Gasteiger partial charge in [0.15, 0.2) is 0 Å². The van der Waals surface area contributed by atoms with E-state index in [1.807, 2.05) is 0 Å². The molecule has 1 aliphatic rings. The molecule has 15 heavy (non-hydrogen) atoms. The Bertz CT molecular complexity index is 273. The van der Waals surface area contributed by atoms with E-state index in [2.05, 4.69) is 22.1 Å². The largest absolute Gasteiger partial charge is 0.310 e. The van der Waals surface area contributed by atoms with Crippen molar-refractivity contribution in [2.75, 3.05) is 5.88 Å². The zero-order valence-corrected chi connectivity index (χ0v) is 10.5. The fourth-order valence-electron chi connectivity index (χ4n) is 2.30. The summed E-state index contributed by atoms with van der Waals surface area (Å²) < 4.78 is 0. The van der Waals surface area contributed by atoms with Crippen LogP contribution in [0.1, 0.15) is 31.2 Å². The molecule has 1 fully saturated rings. The van der Waals surface area contributed by atoms with Crippen LogP contribution in [-0.4, -0.2) is 11.9 Å². The molecule has 1 aromatic rings. The minimum absolute atomic E-state index is 0.635. The van der Waals surface area contributed by atoms with Gasteiger partial charge in [0, 0.05) is 18.5 Å². The van der Waals surface area contributed by atoms with E-state index in [0.29, 0.717) is 12.0 Å². The summed E-state index contributed by atoms with van der Waals surface area (Å²) in [6.07, 6.45) is 5.30. The molecule has 0 saturated heterocycles. The van der Waals surface area contributed by atoms with Crippen molar-refractivity contribution in [3.05, 3.63) is 22.4 Å². The first-order chi connectivity index (χ1) is 7.40. The second-order valence-electron chi connectivity index (χ2n) is 4.32. The predicted molar refractivity (Wildman–Crippen MR) is 67.6 cm³/mol. The van der Waals surface area contributed by atoms with Gasteiger partial charge in [-0.3, -0.25) is 0 Å². The first-order valence-electron chi connectivity index (χ1n) is 5.70. The molecule has 1 aromatic heterocycles. The highest BCUT2D eigenvalue weighted by atomic mass is 35.5. The molecule has 1 aliphatic carbocycles. The number of nitrogens with one attached hydrogen (secondary N) is 1. The molecule has 0 aromatic carbocycles. The number of halogens is 1. The summed E-state index contributed by atoms with van der Waals surface area (Å²) in [5, 5.41) is 8.00. The van der Waals surface area contributed by atoms with Crippen molar-refractivity contribution < 1.29 is 0 Å². The van der Waals surface area contributed by atoms with Gasteiger partial charge in [0.25, 0.3) is 0 Å². The maximum absolute atomic E-state index is 6.00. The van der Waals surface area contributed by atoms with E-state index in [-0.39, 0.29) is 0 Å². The number of hydrogen-bond acceptors (Lipinski definition) is 2. The maximum Gasteiger partial charge on any atom is 0.0266 e. The molecule has 1 heterocycles. The summed E-state index contributed by atoms with van der Waals surface area (Å²) >= 11 is 7.76. The summed E-state index contributed by atoms with van der Waals surface area (Å²) in [5.41, 5.74) is 1.40. The van der Waals surface area contributed by atoms with Crippen LogP contribution < -0.4 is 5.32 Å². The van der Waals surface area contributed by atoms with Crippen LogP contribution in [0.5, 0.6) is 0 Å². The minimum Gasteiger partial charge on any atom is -0.310 e. The van der Waals surface area contributed by atoms with Crippen LogP contribution in [-0.2, 0) is 6.54 Å². The van der Waals surface area contributed by atoms with Crippen molar-refractivity contribution in [1.29, 1.82) is 0 Å². The van der Waals surface area contributed by atoms with Crippen molar-refractivity contribution in [3.8, 4) is 0 Å². The smallest absolute Gasteiger partial charge is 0.0266 e. The lowest BCUT2D eigenvalue weighted by Crippen LogP contribution is -2.38. The Balaban J connectivity index is 1.81. The summed E-state index contributed by atoms with van der Waals surface area (Å²) in [6.45, 7) is 1.00. The van der Waals surface area contributed by atoms with Gasteiger partial charge in [-0.1, -0.05) is 12.8 Å². The highest BCUT2D eigenvalue weighted by Crippen LogP contribution is 2.25. The van der Waals surface area contributed by atoms with Gasteiger partial charge < -0.3 is 5.32 Å². The number of thiophene rings is 1. The van der Waals surface area contributed by atoms with Gasteiger partial charge in [0.1, 0.15) is 0 Å². The first kappa shape index (κ1) is 11.4. The second kappa shape index (κ2) is 5.88. The Morgan fingerprint density at radius 1 is 1.40 bits per heavy atom. The number of hydrogen-bond donors (Lipinski definition) is 1. The van der Waals surface area contributed by atoms with Gasteiger partial charge in [0.2, 0.25) is 0 Å². The zero-order chi connectivity index (χ0) is 10.5. The Hall–Kier alpha value is -0.0500. The molecule has 0 amide bonds. The van der Waals surface area contributed by atoms with E-state index in [1.165, 1.54) is 31.2 Å². The van der Waals surface area contributed by atoms with Gasteiger partial charge in [-0.25, -0.2) is 0 Å². The summed E-state index contributed by atoms with van der Waals surface area (Å²) in [6, 6.07) is 2.83. The predicted octanol–water partition coefficient (Wildman–Crippen LogP) is 3.64. The Morgan fingerprint density at radius 2 is 2.27 bits per heavy atom. The Labute approximate surface area is 101 Å². The molecule has 0 spiro atoms. The summed E-state index contributed by atoms with van der Waals surface area (Å²) in [7, 11) is 0. The molecule has 2 atom stereocenters. The normalized spacial score (nSPS) is 26.7. The van der Waals surface area contributed by atoms with Crippen LogP contribution in [0, 0.1) is 5.92 Å². The fourth-order valence-corrected chi connectivity index (χ4v) is 3.34. The standard InChI is InChI=1S/C12H18ClNS/c13-7-11-3-1-2-4-12(11)14-8-10-5-6-15-9-10/h5-6,9,11-12,14H,1-4,7-8H2. The fraction of sp³-hybridized carbons (Fsp3) is 0.667. The molecule has 1 nitrogen and oxygen atoms in total. The van der Waals surface area contributed by atoms with E-state index < -0.39 is 0 Å². The molecule has 0 radical (unpaired) electrons. The first-order valence-corrected chi connectivity index (χ1v) is 7.18. The highest BCUT2D eigenvalue weighted by molar-refractivity contribution is 7.07. The van der Waals surface area contributed by atoms with Crippen LogP contribution in [0.4, 0.5) is 0 Å². The zero-order valence-electron chi connectivity index (χ0n) is 8.92. The third-order valence-electron chi connectivity index (χ3n) is 3.26. The van der Waals surface area contributed by atoms with Gasteiger partial charge in [-0.15, -0.1) is 11.6 Å². The molecule has 0 aliphatic heterocycles. The SMILES string of the molecule is ClCC1CCCCC1NCc1ccsc1.